The fraction of sp³-hybridized carbons (Fsp3) is 0.385. The van der Waals surface area contributed by atoms with Crippen LogP contribution in [0.5, 0.6) is 0 Å². The molecular weight excluding hydrogens is 252 g/mol. The van der Waals surface area contributed by atoms with Crippen LogP contribution in [0, 0.1) is 6.92 Å². The zero-order valence-corrected chi connectivity index (χ0v) is 10.8. The third kappa shape index (κ3) is 1.52. The minimum absolute atomic E-state index is 0.127. The molecule has 0 bridgehead atoms. The lowest BCUT2D eigenvalue weighted by Gasteiger charge is -2.16. The Hall–Kier alpha value is -1.55. The number of carbonyl (C=O) groups is 2. The van der Waals surface area contributed by atoms with Crippen molar-refractivity contribution in [3.05, 3.63) is 28.8 Å². The number of hydrogen-bond acceptors (Lipinski definition) is 2. The Kier molecular flexibility index (Phi) is 2.55. The Morgan fingerprint density at radius 1 is 1.33 bits per heavy atom. The smallest absolute Gasteiger partial charge is 0.312 e. The molecule has 4 nitrogen and oxygen atoms in total. The van der Waals surface area contributed by atoms with Crippen molar-refractivity contribution >= 4 is 29.2 Å². The van der Waals surface area contributed by atoms with E-state index >= 15 is 0 Å². The normalized spacial score (nSPS) is 22.9. The zero-order chi connectivity index (χ0) is 12.9. The number of imide groups is 1. The van der Waals surface area contributed by atoms with Crippen molar-refractivity contribution < 1.29 is 9.59 Å². The summed E-state index contributed by atoms with van der Waals surface area (Å²) in [5.41, 5.74) is 1.50. The number of carbonyl (C=O) groups excluding carboxylic acids is 2. The highest BCUT2D eigenvalue weighted by Crippen LogP contribution is 2.32. The van der Waals surface area contributed by atoms with Crippen LogP contribution < -0.4 is 4.90 Å². The van der Waals surface area contributed by atoms with Crippen molar-refractivity contribution in [1.29, 1.82) is 0 Å². The van der Waals surface area contributed by atoms with Gasteiger partial charge in [-0.05, 0) is 37.5 Å². The predicted molar refractivity (Wildman–Crippen MR) is 68.8 cm³/mol. The third-order valence-corrected chi connectivity index (χ3v) is 4.02. The van der Waals surface area contributed by atoms with Crippen LogP contribution in [-0.4, -0.2) is 29.4 Å². The first-order valence-corrected chi connectivity index (χ1v) is 6.38. The standard InChI is InChI=1S/C13H13ClN2O2/c1-8-4-5-9(7-10(8)14)16-12(17)11-3-2-6-15(11)13(16)18/h4-5,7,11H,2-3,6H2,1H3/t11-/m0/s1. The molecule has 18 heavy (non-hydrogen) atoms. The molecule has 1 aromatic carbocycles. The highest BCUT2D eigenvalue weighted by atomic mass is 35.5. The molecule has 1 aromatic rings. The van der Waals surface area contributed by atoms with Gasteiger partial charge in [-0.3, -0.25) is 4.79 Å². The van der Waals surface area contributed by atoms with Gasteiger partial charge in [0.2, 0.25) is 0 Å². The first-order chi connectivity index (χ1) is 8.59. The summed E-state index contributed by atoms with van der Waals surface area (Å²) in [5.74, 6) is -0.127. The van der Waals surface area contributed by atoms with E-state index in [1.807, 2.05) is 13.0 Å². The van der Waals surface area contributed by atoms with E-state index in [1.165, 1.54) is 4.90 Å². The molecule has 0 radical (unpaired) electrons. The van der Waals surface area contributed by atoms with Crippen LogP contribution >= 0.6 is 11.6 Å². The number of aryl methyl sites for hydroxylation is 1. The number of hydrogen-bond donors (Lipinski definition) is 0. The fourth-order valence-corrected chi connectivity index (χ4v) is 2.76. The molecule has 0 unspecified atom stereocenters. The summed E-state index contributed by atoms with van der Waals surface area (Å²) in [6.45, 7) is 2.56. The lowest BCUT2D eigenvalue weighted by atomic mass is 10.2. The number of nitrogens with zero attached hydrogens (tertiary/aromatic N) is 2. The average Bonchev–Trinajstić information content (AvgIpc) is 2.89. The first kappa shape index (κ1) is 11.5. The van der Waals surface area contributed by atoms with Gasteiger partial charge in [0.15, 0.2) is 0 Å². The predicted octanol–water partition coefficient (Wildman–Crippen LogP) is 2.58. The number of benzene rings is 1. The summed E-state index contributed by atoms with van der Waals surface area (Å²) in [6.07, 6.45) is 1.67. The van der Waals surface area contributed by atoms with Crippen LogP contribution in [0.3, 0.4) is 0 Å². The van der Waals surface area contributed by atoms with Crippen molar-refractivity contribution in [2.24, 2.45) is 0 Å². The summed E-state index contributed by atoms with van der Waals surface area (Å²) >= 11 is 6.05. The Morgan fingerprint density at radius 3 is 2.78 bits per heavy atom. The van der Waals surface area contributed by atoms with Gasteiger partial charge in [-0.15, -0.1) is 0 Å². The summed E-state index contributed by atoms with van der Waals surface area (Å²) in [7, 11) is 0. The molecule has 3 rings (SSSR count). The second-order valence-corrected chi connectivity index (χ2v) is 5.15. The lowest BCUT2D eigenvalue weighted by molar-refractivity contribution is -0.119. The van der Waals surface area contributed by atoms with Gasteiger partial charge in [-0.25, -0.2) is 9.69 Å². The molecular formula is C13H13ClN2O2. The monoisotopic (exact) mass is 264 g/mol. The van der Waals surface area contributed by atoms with E-state index in [-0.39, 0.29) is 18.0 Å². The highest BCUT2D eigenvalue weighted by molar-refractivity contribution is 6.32. The minimum atomic E-state index is -0.266. The molecule has 0 aromatic heterocycles. The molecule has 2 saturated heterocycles. The summed E-state index contributed by atoms with van der Waals surface area (Å²) in [5, 5.41) is 0.570. The number of urea groups is 1. The van der Waals surface area contributed by atoms with Gasteiger partial charge in [0.05, 0.1) is 5.69 Å². The van der Waals surface area contributed by atoms with E-state index < -0.39 is 0 Å². The van der Waals surface area contributed by atoms with Crippen molar-refractivity contribution in [2.75, 3.05) is 11.4 Å². The van der Waals surface area contributed by atoms with Crippen LogP contribution in [0.15, 0.2) is 18.2 Å². The van der Waals surface area contributed by atoms with Crippen molar-refractivity contribution in [1.82, 2.24) is 4.90 Å². The maximum absolute atomic E-state index is 12.2. The van der Waals surface area contributed by atoms with E-state index in [0.29, 0.717) is 17.3 Å². The van der Waals surface area contributed by atoms with Crippen molar-refractivity contribution in [2.45, 2.75) is 25.8 Å². The van der Waals surface area contributed by atoms with E-state index in [0.717, 1.165) is 18.4 Å². The number of halogens is 1. The van der Waals surface area contributed by atoms with Crippen molar-refractivity contribution in [3.8, 4) is 0 Å². The van der Waals surface area contributed by atoms with Crippen LogP contribution in [0.2, 0.25) is 5.02 Å². The maximum Gasteiger partial charge on any atom is 0.332 e. The van der Waals surface area contributed by atoms with Crippen LogP contribution in [0.4, 0.5) is 10.5 Å². The number of rotatable bonds is 1. The SMILES string of the molecule is Cc1ccc(N2C(=O)[C@@H]3CCCN3C2=O)cc1Cl. The number of anilines is 1. The Bertz CT molecular complexity index is 522. The van der Waals surface area contributed by atoms with Crippen molar-refractivity contribution in [3.63, 3.8) is 0 Å². The number of amides is 3. The maximum atomic E-state index is 12.2. The highest BCUT2D eigenvalue weighted by Gasteiger charge is 2.47. The van der Waals surface area contributed by atoms with E-state index in [1.54, 1.807) is 17.0 Å². The van der Waals surface area contributed by atoms with Crippen LogP contribution in [0.25, 0.3) is 0 Å². The van der Waals surface area contributed by atoms with Gasteiger partial charge in [-0.2, -0.15) is 0 Å². The summed E-state index contributed by atoms with van der Waals surface area (Å²) < 4.78 is 0. The van der Waals surface area contributed by atoms with Gasteiger partial charge < -0.3 is 4.90 Å². The second-order valence-electron chi connectivity index (χ2n) is 4.74. The minimum Gasteiger partial charge on any atom is -0.312 e. The molecule has 5 heteroatoms. The molecule has 0 aliphatic carbocycles. The van der Waals surface area contributed by atoms with Gasteiger partial charge >= 0.3 is 6.03 Å². The van der Waals surface area contributed by atoms with Gasteiger partial charge in [0.1, 0.15) is 6.04 Å². The average molecular weight is 265 g/mol. The quantitative estimate of drug-likeness (QED) is 0.732. The summed E-state index contributed by atoms with van der Waals surface area (Å²) in [4.78, 5) is 27.3. The fourth-order valence-electron chi connectivity index (χ4n) is 2.58. The summed E-state index contributed by atoms with van der Waals surface area (Å²) in [6, 6.07) is 4.77. The largest absolute Gasteiger partial charge is 0.332 e. The Balaban J connectivity index is 1.99. The van der Waals surface area contributed by atoms with Gasteiger partial charge in [0, 0.05) is 11.6 Å². The molecule has 3 amide bonds. The number of fused-ring (bicyclic) bond motifs is 1. The van der Waals surface area contributed by atoms with Gasteiger partial charge in [0.25, 0.3) is 5.91 Å². The molecule has 0 N–H and O–H groups in total. The van der Waals surface area contributed by atoms with Crippen LogP contribution in [0.1, 0.15) is 18.4 Å². The molecule has 2 heterocycles. The molecule has 1 atom stereocenters. The topological polar surface area (TPSA) is 40.6 Å². The molecule has 2 aliphatic rings. The Labute approximate surface area is 110 Å². The Morgan fingerprint density at radius 2 is 2.11 bits per heavy atom. The molecule has 2 fully saturated rings. The molecule has 0 spiro atoms. The zero-order valence-electron chi connectivity index (χ0n) is 10.0. The van der Waals surface area contributed by atoms with E-state index in [9.17, 15) is 9.59 Å². The van der Waals surface area contributed by atoms with Gasteiger partial charge in [-0.1, -0.05) is 17.7 Å². The molecule has 2 aliphatic heterocycles. The van der Waals surface area contributed by atoms with E-state index in [2.05, 4.69) is 0 Å². The third-order valence-electron chi connectivity index (χ3n) is 3.61. The van der Waals surface area contributed by atoms with Crippen LogP contribution in [-0.2, 0) is 4.79 Å². The van der Waals surface area contributed by atoms with E-state index in [4.69, 9.17) is 11.6 Å². The first-order valence-electron chi connectivity index (χ1n) is 6.00. The molecule has 94 valence electrons. The lowest BCUT2D eigenvalue weighted by Crippen LogP contribution is -2.33. The molecule has 0 saturated carbocycles. The second kappa shape index (κ2) is 3.99.